The Bertz CT molecular complexity index is 818. The lowest BCUT2D eigenvalue weighted by molar-refractivity contribution is 0.628. The Kier molecular flexibility index (Phi) is 3.10. The highest BCUT2D eigenvalue weighted by Crippen LogP contribution is 2.28. The van der Waals surface area contributed by atoms with E-state index in [-0.39, 0.29) is 21.9 Å². The van der Waals surface area contributed by atoms with Crippen molar-refractivity contribution in [1.82, 2.24) is 9.97 Å². The molecular formula is C15H9ClF2N2. The molecule has 2 nitrogen and oxygen atoms in total. The third-order valence-electron chi connectivity index (χ3n) is 2.99. The number of aryl methyl sites for hydroxylation is 1. The largest absolute Gasteiger partial charge is 0.228 e. The molecule has 0 N–H and O–H groups in total. The Balaban J connectivity index is 2.28. The van der Waals surface area contributed by atoms with Crippen LogP contribution in [0.5, 0.6) is 0 Å². The van der Waals surface area contributed by atoms with E-state index in [2.05, 4.69) is 9.97 Å². The second kappa shape index (κ2) is 4.80. The van der Waals surface area contributed by atoms with Crippen LogP contribution in [0.15, 0.2) is 36.4 Å². The molecular weight excluding hydrogens is 282 g/mol. The van der Waals surface area contributed by atoms with Gasteiger partial charge >= 0.3 is 0 Å². The molecule has 100 valence electrons. The van der Waals surface area contributed by atoms with Gasteiger partial charge in [0.2, 0.25) is 0 Å². The number of hydrogen-bond acceptors (Lipinski definition) is 2. The average molecular weight is 291 g/mol. The Morgan fingerprint density at radius 1 is 1.00 bits per heavy atom. The predicted octanol–water partition coefficient (Wildman–Crippen LogP) is 4.54. The zero-order chi connectivity index (χ0) is 14.3. The number of hydrogen-bond donors (Lipinski definition) is 0. The summed E-state index contributed by atoms with van der Waals surface area (Å²) in [5, 5.41) is 0.119. The van der Waals surface area contributed by atoms with Crippen LogP contribution >= 0.6 is 11.6 Å². The Labute approximate surface area is 119 Å². The summed E-state index contributed by atoms with van der Waals surface area (Å²) in [6.07, 6.45) is 0. The van der Waals surface area contributed by atoms with E-state index in [4.69, 9.17) is 11.6 Å². The van der Waals surface area contributed by atoms with Gasteiger partial charge in [0.05, 0.1) is 16.5 Å². The zero-order valence-corrected chi connectivity index (χ0v) is 11.2. The van der Waals surface area contributed by atoms with E-state index in [1.807, 2.05) is 0 Å². The van der Waals surface area contributed by atoms with E-state index >= 15 is 0 Å². The first kappa shape index (κ1) is 12.9. The van der Waals surface area contributed by atoms with Crippen molar-refractivity contribution in [1.29, 1.82) is 0 Å². The molecule has 0 aliphatic heterocycles. The Hall–Kier alpha value is -2.07. The summed E-state index contributed by atoms with van der Waals surface area (Å²) in [5.74, 6) is -0.786. The minimum atomic E-state index is -0.497. The SMILES string of the molecule is Cc1ccc(-c2nc(Cl)c3c(F)cccc3n2)c(F)c1. The number of nitrogens with zero attached hydrogens (tertiary/aromatic N) is 2. The number of rotatable bonds is 1. The molecule has 3 rings (SSSR count). The van der Waals surface area contributed by atoms with Crippen molar-refractivity contribution >= 4 is 22.5 Å². The maximum atomic E-state index is 14.0. The average Bonchev–Trinajstić information content (AvgIpc) is 2.38. The molecule has 5 heteroatoms. The molecule has 0 spiro atoms. The molecule has 0 saturated carbocycles. The van der Waals surface area contributed by atoms with E-state index < -0.39 is 11.6 Å². The fourth-order valence-electron chi connectivity index (χ4n) is 2.02. The number of halogens is 3. The standard InChI is InChI=1S/C15H9ClF2N2/c1-8-5-6-9(11(18)7-8)15-19-12-4-2-3-10(17)13(12)14(16)20-15/h2-7H,1H3. The summed E-state index contributed by atoms with van der Waals surface area (Å²) in [6, 6.07) is 9.15. The molecule has 2 aromatic carbocycles. The zero-order valence-electron chi connectivity index (χ0n) is 10.5. The predicted molar refractivity (Wildman–Crippen MR) is 74.6 cm³/mol. The van der Waals surface area contributed by atoms with Gasteiger partial charge in [-0.15, -0.1) is 0 Å². The Morgan fingerprint density at radius 3 is 2.55 bits per heavy atom. The van der Waals surface area contributed by atoms with Gasteiger partial charge in [-0.25, -0.2) is 18.7 Å². The van der Waals surface area contributed by atoms with Crippen molar-refractivity contribution in [3.63, 3.8) is 0 Å². The summed E-state index contributed by atoms with van der Waals surface area (Å²) in [5.41, 5.74) is 1.38. The summed E-state index contributed by atoms with van der Waals surface area (Å²) in [6.45, 7) is 1.79. The Morgan fingerprint density at radius 2 is 1.80 bits per heavy atom. The van der Waals surface area contributed by atoms with Crippen LogP contribution in [0.3, 0.4) is 0 Å². The van der Waals surface area contributed by atoms with Crippen LogP contribution in [0.25, 0.3) is 22.3 Å². The molecule has 0 amide bonds. The minimum Gasteiger partial charge on any atom is -0.228 e. The maximum Gasteiger partial charge on any atom is 0.164 e. The van der Waals surface area contributed by atoms with Gasteiger partial charge in [0.1, 0.15) is 16.8 Å². The van der Waals surface area contributed by atoms with Crippen LogP contribution in [0, 0.1) is 18.6 Å². The van der Waals surface area contributed by atoms with Crippen LogP contribution in [0.4, 0.5) is 8.78 Å². The molecule has 0 atom stereocenters. The van der Waals surface area contributed by atoms with E-state index in [0.29, 0.717) is 5.52 Å². The van der Waals surface area contributed by atoms with Crippen LogP contribution in [-0.4, -0.2) is 9.97 Å². The molecule has 3 aromatic rings. The number of aromatic nitrogens is 2. The van der Waals surface area contributed by atoms with Gasteiger partial charge in [0.15, 0.2) is 5.82 Å². The lowest BCUT2D eigenvalue weighted by Crippen LogP contribution is -1.96. The molecule has 0 bridgehead atoms. The first-order chi connectivity index (χ1) is 9.56. The third kappa shape index (κ3) is 2.12. The summed E-state index contributed by atoms with van der Waals surface area (Å²) in [7, 11) is 0. The van der Waals surface area contributed by atoms with Gasteiger partial charge in [-0.2, -0.15) is 0 Å². The molecule has 0 fully saturated rings. The van der Waals surface area contributed by atoms with Crippen molar-refractivity contribution in [2.45, 2.75) is 6.92 Å². The first-order valence-electron chi connectivity index (χ1n) is 5.94. The van der Waals surface area contributed by atoms with E-state index in [1.54, 1.807) is 25.1 Å². The molecule has 0 radical (unpaired) electrons. The van der Waals surface area contributed by atoms with Gasteiger partial charge in [-0.3, -0.25) is 0 Å². The monoisotopic (exact) mass is 290 g/mol. The van der Waals surface area contributed by atoms with Crippen molar-refractivity contribution in [3.8, 4) is 11.4 Å². The molecule has 1 aromatic heterocycles. The quantitative estimate of drug-likeness (QED) is 0.615. The molecule has 0 aliphatic rings. The topological polar surface area (TPSA) is 25.8 Å². The molecule has 0 saturated heterocycles. The smallest absolute Gasteiger partial charge is 0.164 e. The number of benzene rings is 2. The second-order valence-electron chi connectivity index (χ2n) is 4.46. The lowest BCUT2D eigenvalue weighted by Gasteiger charge is -2.06. The van der Waals surface area contributed by atoms with Gasteiger partial charge in [0, 0.05) is 0 Å². The van der Waals surface area contributed by atoms with Crippen molar-refractivity contribution in [2.24, 2.45) is 0 Å². The highest BCUT2D eigenvalue weighted by atomic mass is 35.5. The fraction of sp³-hybridized carbons (Fsp3) is 0.0667. The second-order valence-corrected chi connectivity index (χ2v) is 4.81. The van der Waals surface area contributed by atoms with Crippen LogP contribution in [0.2, 0.25) is 5.15 Å². The van der Waals surface area contributed by atoms with Crippen LogP contribution in [-0.2, 0) is 0 Å². The molecule has 0 aliphatic carbocycles. The van der Waals surface area contributed by atoms with Gasteiger partial charge in [-0.1, -0.05) is 23.7 Å². The lowest BCUT2D eigenvalue weighted by atomic mass is 10.1. The van der Waals surface area contributed by atoms with Gasteiger partial charge in [0.25, 0.3) is 0 Å². The van der Waals surface area contributed by atoms with Crippen LogP contribution < -0.4 is 0 Å². The van der Waals surface area contributed by atoms with E-state index in [1.165, 1.54) is 18.2 Å². The maximum absolute atomic E-state index is 14.0. The molecule has 0 unspecified atom stereocenters. The highest BCUT2D eigenvalue weighted by molar-refractivity contribution is 6.34. The fourth-order valence-corrected chi connectivity index (χ4v) is 2.29. The number of fused-ring (bicyclic) bond motifs is 1. The highest BCUT2D eigenvalue weighted by Gasteiger charge is 2.14. The molecule has 1 heterocycles. The van der Waals surface area contributed by atoms with Crippen molar-refractivity contribution in [2.75, 3.05) is 0 Å². The summed E-state index contributed by atoms with van der Waals surface area (Å²) in [4.78, 5) is 8.18. The van der Waals surface area contributed by atoms with E-state index in [0.717, 1.165) is 5.56 Å². The van der Waals surface area contributed by atoms with Gasteiger partial charge in [-0.05, 0) is 36.8 Å². The third-order valence-corrected chi connectivity index (χ3v) is 3.27. The first-order valence-corrected chi connectivity index (χ1v) is 6.32. The van der Waals surface area contributed by atoms with Crippen molar-refractivity contribution in [3.05, 3.63) is 58.7 Å². The van der Waals surface area contributed by atoms with Crippen molar-refractivity contribution < 1.29 is 8.78 Å². The van der Waals surface area contributed by atoms with Gasteiger partial charge < -0.3 is 0 Å². The molecule has 20 heavy (non-hydrogen) atoms. The summed E-state index contributed by atoms with van der Waals surface area (Å²) >= 11 is 5.99. The summed E-state index contributed by atoms with van der Waals surface area (Å²) < 4.78 is 27.6. The minimum absolute atomic E-state index is 0.0249. The van der Waals surface area contributed by atoms with Crippen LogP contribution in [0.1, 0.15) is 5.56 Å². The normalized spacial score (nSPS) is 11.0. The van der Waals surface area contributed by atoms with E-state index in [9.17, 15) is 8.78 Å².